The molecule has 0 saturated carbocycles. The van der Waals surface area contributed by atoms with Gasteiger partial charge in [0.05, 0.1) is 50.6 Å². The number of H-pyrrole nitrogens is 1. The number of imidazole rings is 1. The fraction of sp³-hybridized carbons (Fsp3) is 0.361. The Balaban J connectivity index is 1.16. The molecule has 11 amide bonds. The second kappa shape index (κ2) is 39.7. The highest BCUT2D eigenvalue weighted by Gasteiger charge is 2.38. The van der Waals surface area contributed by atoms with Crippen LogP contribution in [0.1, 0.15) is 74.0 Å². The molecular weight excluding hydrogens is 1390 g/mol. The lowest BCUT2D eigenvalue weighted by Crippen LogP contribution is -2.63. The van der Waals surface area contributed by atoms with Crippen LogP contribution in [0.3, 0.4) is 0 Å². The van der Waals surface area contributed by atoms with Gasteiger partial charge in [0.15, 0.2) is 0 Å². The topological polar surface area (TPSA) is 524 Å². The molecule has 0 radical (unpaired) electrons. The Kier molecular flexibility index (Phi) is 31.1. The molecule has 32 nitrogen and oxygen atoms in total. The maximum Gasteiger partial charge on any atom is 0.305 e. The molecule has 0 aliphatic heterocycles. The highest BCUT2D eigenvalue weighted by Crippen LogP contribution is 2.26. The first-order valence-corrected chi connectivity index (χ1v) is 33.4. The van der Waals surface area contributed by atoms with Crippen LogP contribution in [0.15, 0.2) is 128 Å². The van der Waals surface area contributed by atoms with E-state index < -0.39 is 199 Å². The quantitative estimate of drug-likeness (QED) is 0.0202. The SMILES string of the molecule is CCc1ccccc1-c1ccc(C[C@H](NC(=O)[C@H](CC(=O)O)NC(=O)[C@H](CO)NC(=O)[C@@H](NC(=O)[C@H](Cc2c(F)cccc2F)NC(=O)[C@@H](NC(=O)CNC(=O)[C@H](CC(=O)O)NC(=O)[C@H](C)NC(=O)[C@@H](N)Cc2cnc[nH]2)[C@@H](C)O)[C@@H](C)O)C(=O)N[C@@H](Cc2ccc(-c3ccccc3C)cc2)C(N)=O)cc1. The average molecular weight is 1470 g/mol. The van der Waals surface area contributed by atoms with Crippen molar-refractivity contribution in [2.24, 2.45) is 11.5 Å². The van der Waals surface area contributed by atoms with Crippen molar-refractivity contribution in [3.8, 4) is 22.3 Å². The van der Waals surface area contributed by atoms with Crippen molar-refractivity contribution in [2.75, 3.05) is 13.2 Å². The predicted octanol–water partition coefficient (Wildman–Crippen LogP) is -1.82. The van der Waals surface area contributed by atoms with Crippen LogP contribution in [-0.2, 0) is 94.4 Å². The van der Waals surface area contributed by atoms with Gasteiger partial charge in [-0.05, 0) is 90.8 Å². The van der Waals surface area contributed by atoms with E-state index >= 15 is 8.78 Å². The summed E-state index contributed by atoms with van der Waals surface area (Å²) in [7, 11) is 0. The van der Waals surface area contributed by atoms with Crippen molar-refractivity contribution in [3.05, 3.63) is 173 Å². The lowest BCUT2D eigenvalue weighted by Gasteiger charge is -2.28. The Bertz CT molecular complexity index is 4110. The molecule has 0 unspecified atom stereocenters. The summed E-state index contributed by atoms with van der Waals surface area (Å²) >= 11 is 0. The number of primary amides is 1. The number of nitrogens with zero attached hydrogens (tertiary/aromatic N) is 1. The number of carbonyl (C=O) groups is 13. The first-order valence-electron chi connectivity index (χ1n) is 33.4. The van der Waals surface area contributed by atoms with E-state index in [0.29, 0.717) is 23.2 Å². The van der Waals surface area contributed by atoms with E-state index in [9.17, 15) is 87.9 Å². The summed E-state index contributed by atoms with van der Waals surface area (Å²) in [6.45, 7) is 4.65. The highest BCUT2D eigenvalue weighted by molar-refractivity contribution is 6.00. The molecule has 1 heterocycles. The van der Waals surface area contributed by atoms with Crippen LogP contribution >= 0.6 is 0 Å². The molecule has 0 fully saturated rings. The number of aromatic nitrogens is 2. The average Bonchev–Trinajstić information content (AvgIpc) is 0.897. The Hall–Kier alpha value is -11.9. The van der Waals surface area contributed by atoms with Gasteiger partial charge in [0.2, 0.25) is 65.0 Å². The highest BCUT2D eigenvalue weighted by atomic mass is 19.1. The van der Waals surface area contributed by atoms with Crippen LogP contribution in [0.25, 0.3) is 22.3 Å². The van der Waals surface area contributed by atoms with Crippen LogP contribution in [0, 0.1) is 18.6 Å². The van der Waals surface area contributed by atoms with Gasteiger partial charge in [0.1, 0.15) is 66.0 Å². The summed E-state index contributed by atoms with van der Waals surface area (Å²) in [5.74, 6) is -19.3. The number of rotatable bonds is 39. The van der Waals surface area contributed by atoms with Crippen LogP contribution in [0.5, 0.6) is 0 Å². The third-order valence-corrected chi connectivity index (χ3v) is 16.8. The van der Waals surface area contributed by atoms with E-state index in [0.717, 1.165) is 65.4 Å². The maximum absolute atomic E-state index is 15.3. The second-order valence-electron chi connectivity index (χ2n) is 25.0. The molecule has 106 heavy (non-hydrogen) atoms. The van der Waals surface area contributed by atoms with Gasteiger partial charge in [0.25, 0.3) is 0 Å². The minimum absolute atomic E-state index is 0.00607. The number of carbonyl (C=O) groups excluding carboxylic acids is 11. The monoisotopic (exact) mass is 1470 g/mol. The lowest BCUT2D eigenvalue weighted by molar-refractivity contribution is -0.142. The number of carboxylic acids is 2. The van der Waals surface area contributed by atoms with E-state index in [1.807, 2.05) is 79.8 Å². The number of carboxylic acid groups (broad SMARTS) is 2. The summed E-state index contributed by atoms with van der Waals surface area (Å²) < 4.78 is 30.6. The van der Waals surface area contributed by atoms with Gasteiger partial charge >= 0.3 is 11.9 Å². The number of hydrogen-bond donors (Lipinski definition) is 18. The lowest BCUT2D eigenvalue weighted by atomic mass is 9.95. The normalized spacial score (nSPS) is 14.5. The predicted molar refractivity (Wildman–Crippen MR) is 376 cm³/mol. The Labute approximate surface area is 606 Å². The van der Waals surface area contributed by atoms with Crippen LogP contribution in [-0.4, -0.2) is 198 Å². The maximum atomic E-state index is 15.3. The van der Waals surface area contributed by atoms with Crippen LogP contribution in [0.4, 0.5) is 8.78 Å². The van der Waals surface area contributed by atoms with Gasteiger partial charge in [-0.1, -0.05) is 110 Å². The molecule has 20 N–H and O–H groups in total. The third kappa shape index (κ3) is 24.7. The van der Waals surface area contributed by atoms with Gasteiger partial charge in [-0.2, -0.15) is 0 Å². The fourth-order valence-corrected chi connectivity index (χ4v) is 11.0. The van der Waals surface area contributed by atoms with Gasteiger partial charge in [-0.3, -0.25) is 62.3 Å². The zero-order chi connectivity index (χ0) is 78.1. The molecular formula is C72H86F2N14O18. The zero-order valence-electron chi connectivity index (χ0n) is 58.3. The van der Waals surface area contributed by atoms with Gasteiger partial charge in [0, 0.05) is 43.1 Å². The number of halogens is 2. The van der Waals surface area contributed by atoms with E-state index in [1.54, 1.807) is 36.4 Å². The molecule has 566 valence electrons. The molecule has 34 heteroatoms. The number of aryl methyl sites for hydroxylation is 2. The molecule has 0 bridgehead atoms. The first-order chi connectivity index (χ1) is 50.3. The molecule has 6 rings (SSSR count). The summed E-state index contributed by atoms with van der Waals surface area (Å²) in [6.07, 6.45) is -4.12. The molecule has 1 aromatic heterocycles. The number of amides is 11. The molecule has 0 saturated heterocycles. The number of nitrogens with one attached hydrogen (secondary N) is 11. The Morgan fingerprint density at radius 1 is 0.500 bits per heavy atom. The molecule has 0 spiro atoms. The van der Waals surface area contributed by atoms with Crippen molar-refractivity contribution in [3.63, 3.8) is 0 Å². The van der Waals surface area contributed by atoms with E-state index in [2.05, 4.69) is 57.8 Å². The molecule has 12 atom stereocenters. The number of aromatic amines is 1. The smallest absolute Gasteiger partial charge is 0.305 e. The largest absolute Gasteiger partial charge is 0.481 e. The number of aliphatic hydroxyl groups excluding tert-OH is 3. The number of aliphatic carboxylic acids is 2. The number of nitrogens with two attached hydrogens (primary N) is 2. The van der Waals surface area contributed by atoms with E-state index in [-0.39, 0.29) is 19.3 Å². The second-order valence-corrected chi connectivity index (χ2v) is 25.0. The minimum atomic E-state index is -2.21. The summed E-state index contributed by atoms with van der Waals surface area (Å²) in [5.41, 5.74) is 18.1. The molecule has 5 aromatic carbocycles. The summed E-state index contributed by atoms with van der Waals surface area (Å²) in [5, 5.41) is 73.7. The fourth-order valence-electron chi connectivity index (χ4n) is 11.0. The summed E-state index contributed by atoms with van der Waals surface area (Å²) in [6, 6.07) is 13.8. The Morgan fingerprint density at radius 2 is 0.962 bits per heavy atom. The van der Waals surface area contributed by atoms with Crippen LogP contribution < -0.4 is 64.6 Å². The van der Waals surface area contributed by atoms with E-state index in [4.69, 9.17) is 11.5 Å². The van der Waals surface area contributed by atoms with Crippen molar-refractivity contribution in [1.82, 2.24) is 63.1 Å². The minimum Gasteiger partial charge on any atom is -0.481 e. The van der Waals surface area contributed by atoms with Crippen molar-refractivity contribution in [1.29, 1.82) is 0 Å². The number of benzene rings is 5. The number of aliphatic hydroxyl groups is 3. The Morgan fingerprint density at radius 3 is 1.50 bits per heavy atom. The standard InChI is InChI=1S/C72H86F2N14O18/c1-6-42-13-8-10-15-47(42)44-24-20-41(21-25-44)27-53(67(101)81-52(63(76)97)26-40-18-22-43(23-19-40)46-14-9-7-12-36(46)2)83-68(102)56(31-60(95)96)84-70(104)57(34-89)86-72(106)62(39(5)91)88-69(103)54(29-48-49(73)16-11-17-50(48)74)85-71(105)61(38(4)90)87-58(92)33-78-66(100)55(30-59(93)94)82-64(98)37(3)80-65(99)51(75)28-45-32-77-35-79-45/h7-25,32,35,37-39,51-57,61-62,89-91H,6,26-31,33-34,75H2,1-5H3,(H2,76,97)(H,77,79)(H,78,100)(H,80,99)(H,81,101)(H,82,98)(H,83,102)(H,84,104)(H,85,105)(H,86,106)(H,87,92)(H,88,103)(H,93,94)(H,95,96)/t37-,38+,39+,51-,52-,53-,54-,55-,56-,57-,61-,62-/m0/s1. The molecule has 0 aliphatic carbocycles. The van der Waals surface area contributed by atoms with Gasteiger partial charge in [-0.25, -0.2) is 13.8 Å². The van der Waals surface area contributed by atoms with Crippen molar-refractivity contribution in [2.45, 2.75) is 152 Å². The third-order valence-electron chi connectivity index (χ3n) is 16.8. The van der Waals surface area contributed by atoms with Gasteiger partial charge in [-0.15, -0.1) is 0 Å². The van der Waals surface area contributed by atoms with Crippen LogP contribution in [0.2, 0.25) is 0 Å². The molecule has 6 aromatic rings. The van der Waals surface area contributed by atoms with E-state index in [1.165, 1.54) is 19.4 Å². The van der Waals surface area contributed by atoms with Crippen molar-refractivity contribution >= 4 is 76.9 Å². The zero-order valence-corrected chi connectivity index (χ0v) is 58.3. The first kappa shape index (κ1) is 83.1. The van der Waals surface area contributed by atoms with Crippen molar-refractivity contribution < 1.29 is 96.6 Å². The molecule has 0 aliphatic rings. The number of hydrogen-bond acceptors (Lipinski definition) is 18. The van der Waals surface area contributed by atoms with Gasteiger partial charge < -0.3 is 95.2 Å². The summed E-state index contributed by atoms with van der Waals surface area (Å²) in [4.78, 5) is 181.